The van der Waals surface area contributed by atoms with Crippen LogP contribution in [-0.2, 0) is 6.18 Å². The molecule has 0 aliphatic carbocycles. The molecule has 0 aromatic heterocycles. The summed E-state index contributed by atoms with van der Waals surface area (Å²) < 4.78 is 48.2. The summed E-state index contributed by atoms with van der Waals surface area (Å²) in [7, 11) is 1.46. The molecule has 0 fully saturated rings. The molecule has 0 saturated carbocycles. The van der Waals surface area contributed by atoms with Crippen molar-refractivity contribution in [3.8, 4) is 17.2 Å². The Balaban J connectivity index is 2.28. The van der Waals surface area contributed by atoms with Gasteiger partial charge in [0.05, 0.1) is 12.7 Å². The van der Waals surface area contributed by atoms with Gasteiger partial charge in [0.25, 0.3) is 0 Å². The van der Waals surface area contributed by atoms with Crippen molar-refractivity contribution in [1.82, 2.24) is 0 Å². The lowest BCUT2D eigenvalue weighted by Crippen LogP contribution is -2.04. The first-order valence-electron chi connectivity index (χ1n) is 5.68. The lowest BCUT2D eigenvalue weighted by atomic mass is 10.2. The second kappa shape index (κ2) is 5.32. The highest BCUT2D eigenvalue weighted by Crippen LogP contribution is 2.33. The van der Waals surface area contributed by atoms with Crippen LogP contribution in [0.5, 0.6) is 17.2 Å². The van der Waals surface area contributed by atoms with Gasteiger partial charge in [0.15, 0.2) is 0 Å². The van der Waals surface area contributed by atoms with Crippen LogP contribution >= 0.6 is 0 Å². The van der Waals surface area contributed by atoms with Gasteiger partial charge < -0.3 is 15.2 Å². The lowest BCUT2D eigenvalue weighted by Gasteiger charge is -2.11. The van der Waals surface area contributed by atoms with Gasteiger partial charge in [-0.25, -0.2) is 0 Å². The van der Waals surface area contributed by atoms with E-state index in [-0.39, 0.29) is 5.75 Å². The van der Waals surface area contributed by atoms with Crippen LogP contribution in [0.1, 0.15) is 5.56 Å². The Hall–Kier alpha value is -2.37. The molecule has 0 radical (unpaired) electrons. The Labute approximate surface area is 113 Å². The molecule has 0 heterocycles. The van der Waals surface area contributed by atoms with Crippen molar-refractivity contribution in [2.24, 2.45) is 0 Å². The van der Waals surface area contributed by atoms with E-state index in [2.05, 4.69) is 0 Å². The van der Waals surface area contributed by atoms with Crippen molar-refractivity contribution in [2.75, 3.05) is 12.8 Å². The number of hydrogen-bond acceptors (Lipinski definition) is 3. The van der Waals surface area contributed by atoms with Crippen molar-refractivity contribution >= 4 is 5.69 Å². The first-order valence-corrected chi connectivity index (χ1v) is 5.68. The Morgan fingerprint density at radius 3 is 2.30 bits per heavy atom. The molecule has 2 rings (SSSR count). The van der Waals surface area contributed by atoms with Gasteiger partial charge in [-0.15, -0.1) is 0 Å². The molecule has 0 spiro atoms. The number of methoxy groups -OCH3 is 1. The van der Waals surface area contributed by atoms with Crippen LogP contribution in [-0.4, -0.2) is 7.11 Å². The Morgan fingerprint density at radius 1 is 0.950 bits per heavy atom. The van der Waals surface area contributed by atoms with Gasteiger partial charge in [0.1, 0.15) is 17.2 Å². The third-order valence-corrected chi connectivity index (χ3v) is 2.54. The molecular formula is C14H12F3NO2. The number of nitrogens with two attached hydrogens (primary N) is 1. The molecule has 6 heteroatoms. The highest BCUT2D eigenvalue weighted by atomic mass is 19.4. The van der Waals surface area contributed by atoms with E-state index in [9.17, 15) is 13.2 Å². The maximum absolute atomic E-state index is 12.6. The summed E-state index contributed by atoms with van der Waals surface area (Å²) in [6.45, 7) is 0. The van der Waals surface area contributed by atoms with Crippen LogP contribution in [0.25, 0.3) is 0 Å². The number of anilines is 1. The SMILES string of the molecule is COc1cc(N)cc(Oc2cccc(C(F)(F)F)c2)c1. The number of benzene rings is 2. The van der Waals surface area contributed by atoms with E-state index in [0.717, 1.165) is 12.1 Å². The predicted octanol–water partition coefficient (Wildman–Crippen LogP) is 4.09. The second-order valence-electron chi connectivity index (χ2n) is 4.07. The van der Waals surface area contributed by atoms with E-state index in [0.29, 0.717) is 17.2 Å². The highest BCUT2D eigenvalue weighted by Gasteiger charge is 2.30. The largest absolute Gasteiger partial charge is 0.497 e. The van der Waals surface area contributed by atoms with Crippen molar-refractivity contribution in [1.29, 1.82) is 0 Å². The van der Waals surface area contributed by atoms with Gasteiger partial charge in [-0.05, 0) is 18.2 Å². The first kappa shape index (κ1) is 14.0. The number of hydrogen-bond donors (Lipinski definition) is 1. The highest BCUT2D eigenvalue weighted by molar-refractivity contribution is 5.51. The maximum atomic E-state index is 12.6. The number of alkyl halides is 3. The van der Waals surface area contributed by atoms with E-state index in [1.54, 1.807) is 6.07 Å². The molecule has 106 valence electrons. The van der Waals surface area contributed by atoms with Crippen LogP contribution in [0.15, 0.2) is 42.5 Å². The molecule has 2 N–H and O–H groups in total. The van der Waals surface area contributed by atoms with Crippen molar-refractivity contribution in [3.63, 3.8) is 0 Å². The first-order chi connectivity index (χ1) is 9.38. The van der Waals surface area contributed by atoms with E-state index in [4.69, 9.17) is 15.2 Å². The molecular weight excluding hydrogens is 271 g/mol. The molecule has 0 amide bonds. The number of rotatable bonds is 3. The summed E-state index contributed by atoms with van der Waals surface area (Å²) in [6.07, 6.45) is -4.41. The van der Waals surface area contributed by atoms with E-state index in [1.807, 2.05) is 0 Å². The number of nitrogen functional groups attached to an aromatic ring is 1. The minimum atomic E-state index is -4.41. The zero-order valence-electron chi connectivity index (χ0n) is 10.6. The summed E-state index contributed by atoms with van der Waals surface area (Å²) >= 11 is 0. The van der Waals surface area contributed by atoms with E-state index in [1.165, 1.54) is 31.4 Å². The van der Waals surface area contributed by atoms with E-state index < -0.39 is 11.7 Å². The van der Waals surface area contributed by atoms with Crippen LogP contribution < -0.4 is 15.2 Å². The average Bonchev–Trinajstić information content (AvgIpc) is 2.37. The molecule has 20 heavy (non-hydrogen) atoms. The minimum absolute atomic E-state index is 0.0764. The molecule has 0 atom stereocenters. The molecule has 2 aromatic carbocycles. The summed E-state index contributed by atoms with van der Waals surface area (Å²) in [6, 6.07) is 9.24. The predicted molar refractivity (Wildman–Crippen MR) is 68.9 cm³/mol. The Kier molecular flexibility index (Phi) is 3.74. The van der Waals surface area contributed by atoms with Gasteiger partial charge in [-0.2, -0.15) is 13.2 Å². The standard InChI is InChI=1S/C14H12F3NO2/c1-19-12-6-10(18)7-13(8-12)20-11-4-2-3-9(5-11)14(15,16)17/h2-8H,18H2,1H3. The third kappa shape index (κ3) is 3.34. The topological polar surface area (TPSA) is 44.5 Å². The zero-order valence-corrected chi connectivity index (χ0v) is 10.6. The molecule has 3 nitrogen and oxygen atoms in total. The van der Waals surface area contributed by atoms with Crippen LogP contribution in [0.4, 0.5) is 18.9 Å². The van der Waals surface area contributed by atoms with Gasteiger partial charge in [0, 0.05) is 23.9 Å². The molecule has 2 aromatic rings. The molecule has 0 bridgehead atoms. The fourth-order valence-corrected chi connectivity index (χ4v) is 1.64. The summed E-state index contributed by atoms with van der Waals surface area (Å²) in [5, 5.41) is 0. The normalized spacial score (nSPS) is 11.2. The van der Waals surface area contributed by atoms with Crippen LogP contribution in [0, 0.1) is 0 Å². The molecule has 0 aliphatic heterocycles. The van der Waals surface area contributed by atoms with Crippen molar-refractivity contribution < 1.29 is 22.6 Å². The molecule has 0 aliphatic rings. The lowest BCUT2D eigenvalue weighted by molar-refractivity contribution is -0.137. The van der Waals surface area contributed by atoms with Crippen molar-refractivity contribution in [3.05, 3.63) is 48.0 Å². The van der Waals surface area contributed by atoms with Gasteiger partial charge >= 0.3 is 6.18 Å². The molecule has 0 saturated heterocycles. The van der Waals surface area contributed by atoms with Gasteiger partial charge in [-0.1, -0.05) is 6.07 Å². The summed E-state index contributed by atoms with van der Waals surface area (Å²) in [5.74, 6) is 0.848. The van der Waals surface area contributed by atoms with Crippen molar-refractivity contribution in [2.45, 2.75) is 6.18 Å². The fraction of sp³-hybridized carbons (Fsp3) is 0.143. The Bertz CT molecular complexity index is 612. The van der Waals surface area contributed by atoms with Crippen LogP contribution in [0.2, 0.25) is 0 Å². The third-order valence-electron chi connectivity index (χ3n) is 2.54. The quantitative estimate of drug-likeness (QED) is 0.863. The number of ether oxygens (including phenoxy) is 2. The maximum Gasteiger partial charge on any atom is 0.416 e. The van der Waals surface area contributed by atoms with E-state index >= 15 is 0 Å². The summed E-state index contributed by atoms with van der Waals surface area (Å²) in [4.78, 5) is 0. The molecule has 0 unspecified atom stereocenters. The summed E-state index contributed by atoms with van der Waals surface area (Å²) in [5.41, 5.74) is 5.27. The Morgan fingerprint density at radius 2 is 1.65 bits per heavy atom. The van der Waals surface area contributed by atoms with Crippen LogP contribution in [0.3, 0.4) is 0 Å². The zero-order chi connectivity index (χ0) is 14.8. The van der Waals surface area contributed by atoms with Gasteiger partial charge in [-0.3, -0.25) is 0 Å². The smallest absolute Gasteiger partial charge is 0.416 e. The monoisotopic (exact) mass is 283 g/mol. The fourth-order valence-electron chi connectivity index (χ4n) is 1.64. The average molecular weight is 283 g/mol. The van der Waals surface area contributed by atoms with Gasteiger partial charge in [0.2, 0.25) is 0 Å². The minimum Gasteiger partial charge on any atom is -0.497 e. The number of halogens is 3. The second-order valence-corrected chi connectivity index (χ2v) is 4.07.